The highest BCUT2D eigenvalue weighted by molar-refractivity contribution is 9.11. The number of benzene rings is 2. The summed E-state index contributed by atoms with van der Waals surface area (Å²) in [4.78, 5) is 12.1. The van der Waals surface area contributed by atoms with Crippen molar-refractivity contribution in [2.75, 3.05) is 5.32 Å². The molecule has 0 spiro atoms. The van der Waals surface area contributed by atoms with Crippen molar-refractivity contribution in [3.8, 4) is 6.07 Å². The Balaban J connectivity index is 2.25. The minimum absolute atomic E-state index is 0.210. The molecule has 0 unspecified atom stereocenters. The van der Waals surface area contributed by atoms with Gasteiger partial charge in [0.2, 0.25) is 0 Å². The largest absolute Gasteiger partial charge is 0.321 e. The van der Waals surface area contributed by atoms with Gasteiger partial charge in [-0.05, 0) is 62.2 Å². The molecule has 0 fully saturated rings. The molecule has 1 amide bonds. The molecule has 0 aromatic heterocycles. The highest BCUT2D eigenvalue weighted by atomic mass is 79.9. The molecule has 2 rings (SSSR count). The zero-order chi connectivity index (χ0) is 13.8. The van der Waals surface area contributed by atoms with E-state index in [-0.39, 0.29) is 5.91 Å². The van der Waals surface area contributed by atoms with Gasteiger partial charge < -0.3 is 5.32 Å². The number of nitrogens with zero attached hydrogens (tertiary/aromatic N) is 1. The van der Waals surface area contributed by atoms with Gasteiger partial charge >= 0.3 is 0 Å². The van der Waals surface area contributed by atoms with Crippen LogP contribution in [0.5, 0.6) is 0 Å². The number of anilines is 1. The van der Waals surface area contributed by atoms with E-state index in [0.717, 1.165) is 4.47 Å². The third-order valence-electron chi connectivity index (χ3n) is 2.46. The number of hydrogen-bond donors (Lipinski definition) is 1. The molecular weight excluding hydrogens is 372 g/mol. The van der Waals surface area contributed by atoms with Crippen LogP contribution in [0.3, 0.4) is 0 Å². The molecule has 0 aliphatic rings. The standard InChI is InChI=1S/C14H8Br2N2O/c15-11-4-2-1-3-10(11)14(19)18-13-6-5-9(8-17)7-12(13)16/h1-7H,(H,18,19). The molecule has 1 N–H and O–H groups in total. The molecule has 2 aromatic rings. The van der Waals surface area contributed by atoms with Gasteiger partial charge in [0.1, 0.15) is 0 Å². The van der Waals surface area contributed by atoms with Crippen molar-refractivity contribution in [3.63, 3.8) is 0 Å². The molecule has 0 aliphatic heterocycles. The molecule has 0 heterocycles. The van der Waals surface area contributed by atoms with Gasteiger partial charge in [0.05, 0.1) is 22.9 Å². The van der Waals surface area contributed by atoms with E-state index < -0.39 is 0 Å². The normalized spacial score (nSPS) is 9.74. The SMILES string of the molecule is N#Cc1ccc(NC(=O)c2ccccc2Br)c(Br)c1. The molecule has 94 valence electrons. The number of nitrogens with one attached hydrogen (secondary N) is 1. The Morgan fingerprint density at radius 1 is 1.11 bits per heavy atom. The summed E-state index contributed by atoms with van der Waals surface area (Å²) in [5.41, 5.74) is 1.71. The minimum Gasteiger partial charge on any atom is -0.321 e. The topological polar surface area (TPSA) is 52.9 Å². The molecule has 0 aliphatic carbocycles. The van der Waals surface area contributed by atoms with Crippen LogP contribution in [-0.4, -0.2) is 5.91 Å². The van der Waals surface area contributed by atoms with Gasteiger partial charge in [0.25, 0.3) is 5.91 Å². The van der Waals surface area contributed by atoms with E-state index in [9.17, 15) is 4.79 Å². The van der Waals surface area contributed by atoms with Crippen molar-refractivity contribution < 1.29 is 4.79 Å². The Morgan fingerprint density at radius 3 is 2.47 bits per heavy atom. The number of hydrogen-bond acceptors (Lipinski definition) is 2. The van der Waals surface area contributed by atoms with Crippen LogP contribution in [0.4, 0.5) is 5.69 Å². The van der Waals surface area contributed by atoms with Gasteiger partial charge in [0.15, 0.2) is 0 Å². The average molecular weight is 380 g/mol. The lowest BCUT2D eigenvalue weighted by Gasteiger charge is -2.08. The van der Waals surface area contributed by atoms with Crippen molar-refractivity contribution in [3.05, 3.63) is 62.5 Å². The Kier molecular flexibility index (Phi) is 4.35. The molecule has 0 saturated carbocycles. The average Bonchev–Trinajstić information content (AvgIpc) is 2.41. The van der Waals surface area contributed by atoms with Gasteiger partial charge in [-0.2, -0.15) is 5.26 Å². The van der Waals surface area contributed by atoms with Crippen molar-refractivity contribution in [2.24, 2.45) is 0 Å². The molecular formula is C14H8Br2N2O. The number of carbonyl (C=O) groups excluding carboxylic acids is 1. The fourth-order valence-electron chi connectivity index (χ4n) is 1.52. The van der Waals surface area contributed by atoms with Crippen LogP contribution in [0.15, 0.2) is 51.4 Å². The molecule has 0 saturated heterocycles. The molecule has 2 aromatic carbocycles. The molecule has 0 bridgehead atoms. The summed E-state index contributed by atoms with van der Waals surface area (Å²) < 4.78 is 1.41. The summed E-state index contributed by atoms with van der Waals surface area (Å²) in [6.45, 7) is 0. The molecule has 5 heteroatoms. The van der Waals surface area contributed by atoms with Crippen LogP contribution in [0, 0.1) is 11.3 Å². The lowest BCUT2D eigenvalue weighted by atomic mass is 10.2. The van der Waals surface area contributed by atoms with E-state index in [4.69, 9.17) is 5.26 Å². The Labute approximate surface area is 127 Å². The quantitative estimate of drug-likeness (QED) is 0.843. The molecule has 3 nitrogen and oxygen atoms in total. The van der Waals surface area contributed by atoms with Crippen LogP contribution in [0.25, 0.3) is 0 Å². The first kappa shape index (κ1) is 13.8. The first-order chi connectivity index (χ1) is 9.11. The van der Waals surface area contributed by atoms with E-state index >= 15 is 0 Å². The first-order valence-electron chi connectivity index (χ1n) is 5.37. The second kappa shape index (κ2) is 6.00. The van der Waals surface area contributed by atoms with Crippen LogP contribution in [-0.2, 0) is 0 Å². The summed E-state index contributed by atoms with van der Waals surface area (Å²) in [5, 5.41) is 11.6. The maximum atomic E-state index is 12.1. The van der Waals surface area contributed by atoms with E-state index in [2.05, 4.69) is 37.2 Å². The number of halogens is 2. The van der Waals surface area contributed by atoms with Crippen LogP contribution in [0.1, 0.15) is 15.9 Å². The van der Waals surface area contributed by atoms with Gasteiger partial charge in [-0.1, -0.05) is 12.1 Å². The van der Waals surface area contributed by atoms with Crippen molar-refractivity contribution in [1.29, 1.82) is 5.26 Å². The summed E-state index contributed by atoms with van der Waals surface area (Å²) in [5.74, 6) is -0.210. The van der Waals surface area contributed by atoms with Gasteiger partial charge in [-0.15, -0.1) is 0 Å². The summed E-state index contributed by atoms with van der Waals surface area (Å²) in [7, 11) is 0. The third kappa shape index (κ3) is 3.22. The fourth-order valence-corrected chi connectivity index (χ4v) is 2.46. The Bertz CT molecular complexity index is 677. The predicted molar refractivity (Wildman–Crippen MR) is 81.0 cm³/mol. The van der Waals surface area contributed by atoms with Crippen molar-refractivity contribution in [1.82, 2.24) is 0 Å². The Morgan fingerprint density at radius 2 is 1.84 bits per heavy atom. The number of rotatable bonds is 2. The van der Waals surface area contributed by atoms with E-state index in [1.54, 1.807) is 30.3 Å². The fraction of sp³-hybridized carbons (Fsp3) is 0. The predicted octanol–water partition coefficient (Wildman–Crippen LogP) is 4.34. The molecule has 19 heavy (non-hydrogen) atoms. The summed E-state index contributed by atoms with van der Waals surface area (Å²) in [6, 6.07) is 14.2. The maximum absolute atomic E-state index is 12.1. The zero-order valence-corrected chi connectivity index (χ0v) is 12.8. The van der Waals surface area contributed by atoms with Crippen molar-refractivity contribution >= 4 is 43.5 Å². The van der Waals surface area contributed by atoms with Gasteiger partial charge in [-0.25, -0.2) is 0 Å². The smallest absolute Gasteiger partial charge is 0.256 e. The summed E-state index contributed by atoms with van der Waals surface area (Å²) in [6.07, 6.45) is 0. The highest BCUT2D eigenvalue weighted by Gasteiger charge is 2.11. The Hall–Kier alpha value is -1.64. The number of carbonyl (C=O) groups is 1. The maximum Gasteiger partial charge on any atom is 0.256 e. The first-order valence-corrected chi connectivity index (χ1v) is 6.96. The van der Waals surface area contributed by atoms with Crippen LogP contribution < -0.4 is 5.32 Å². The van der Waals surface area contributed by atoms with Crippen LogP contribution in [0.2, 0.25) is 0 Å². The van der Waals surface area contributed by atoms with Gasteiger partial charge in [-0.3, -0.25) is 4.79 Å². The third-order valence-corrected chi connectivity index (χ3v) is 3.81. The second-order valence-corrected chi connectivity index (χ2v) is 5.45. The molecule has 0 atom stereocenters. The zero-order valence-electron chi connectivity index (χ0n) is 9.65. The summed E-state index contributed by atoms with van der Waals surface area (Å²) >= 11 is 6.67. The van der Waals surface area contributed by atoms with E-state index in [1.165, 1.54) is 0 Å². The van der Waals surface area contributed by atoms with Gasteiger partial charge in [0, 0.05) is 8.95 Å². The second-order valence-electron chi connectivity index (χ2n) is 3.74. The lowest BCUT2D eigenvalue weighted by molar-refractivity contribution is 0.102. The van der Waals surface area contributed by atoms with E-state index in [0.29, 0.717) is 21.3 Å². The highest BCUT2D eigenvalue weighted by Crippen LogP contribution is 2.25. The minimum atomic E-state index is -0.210. The number of nitriles is 1. The van der Waals surface area contributed by atoms with Crippen molar-refractivity contribution in [2.45, 2.75) is 0 Å². The number of amides is 1. The monoisotopic (exact) mass is 378 g/mol. The molecule has 0 radical (unpaired) electrons. The van der Waals surface area contributed by atoms with Crippen LogP contribution >= 0.6 is 31.9 Å². The van der Waals surface area contributed by atoms with E-state index in [1.807, 2.05) is 18.2 Å². The lowest BCUT2D eigenvalue weighted by Crippen LogP contribution is -2.12.